The largest absolute Gasteiger partial charge is 0.457 e. The fourth-order valence-corrected chi connectivity index (χ4v) is 3.73. The summed E-state index contributed by atoms with van der Waals surface area (Å²) in [4.78, 5) is 13.5. The molecule has 0 spiro atoms. The molecule has 2 aromatic rings. The molecule has 1 atom stereocenters. The van der Waals surface area contributed by atoms with Crippen molar-refractivity contribution < 1.29 is 13.7 Å². The number of carbonyl (C=O) groups is 1. The van der Waals surface area contributed by atoms with Gasteiger partial charge in [0.2, 0.25) is 0 Å². The highest BCUT2D eigenvalue weighted by atomic mass is 32.2. The number of hydrogen-bond donors (Lipinski definition) is 1. The standard InChI is InChI=1S/C18H20O3S/c1-3-18(19)21-15(2)14-20-22(16-10-6-4-7-11-16)17-12-8-5-9-13-17/h3-13,15,22H,1,14H2,2H3. The highest BCUT2D eigenvalue weighted by Gasteiger charge is 2.13. The van der Waals surface area contributed by atoms with Gasteiger partial charge in [-0.25, -0.2) is 4.79 Å². The molecule has 0 bridgehead atoms. The summed E-state index contributed by atoms with van der Waals surface area (Å²) in [7, 11) is 0. The first kappa shape index (κ1) is 16.3. The van der Waals surface area contributed by atoms with E-state index in [1.165, 1.54) is 0 Å². The fourth-order valence-electron chi connectivity index (χ4n) is 1.88. The first-order valence-corrected chi connectivity index (χ1v) is 8.33. The third-order valence-electron chi connectivity index (χ3n) is 2.90. The molecule has 0 heterocycles. The van der Waals surface area contributed by atoms with Gasteiger partial charge in [0.25, 0.3) is 0 Å². The molecule has 0 fully saturated rings. The fraction of sp³-hybridized carbons (Fsp3) is 0.167. The Hall–Kier alpha value is -2.04. The molecule has 116 valence electrons. The quantitative estimate of drug-likeness (QED) is 0.473. The van der Waals surface area contributed by atoms with E-state index in [0.717, 1.165) is 15.9 Å². The van der Waals surface area contributed by atoms with E-state index in [1.807, 2.05) is 43.3 Å². The van der Waals surface area contributed by atoms with Gasteiger partial charge in [-0.2, -0.15) is 0 Å². The van der Waals surface area contributed by atoms with Gasteiger partial charge in [-0.1, -0.05) is 54.2 Å². The van der Waals surface area contributed by atoms with Crippen molar-refractivity contribution >= 4 is 17.1 Å². The van der Waals surface area contributed by atoms with Crippen LogP contribution in [0.2, 0.25) is 0 Å². The maximum absolute atomic E-state index is 11.2. The molecular formula is C18H20O3S. The highest BCUT2D eigenvalue weighted by molar-refractivity contribution is 8.13. The minimum absolute atomic E-state index is 0.317. The van der Waals surface area contributed by atoms with Gasteiger partial charge >= 0.3 is 5.97 Å². The molecule has 3 nitrogen and oxygen atoms in total. The molecule has 0 radical (unpaired) electrons. The van der Waals surface area contributed by atoms with Crippen LogP contribution in [0.15, 0.2) is 83.1 Å². The number of rotatable bonds is 7. The summed E-state index contributed by atoms with van der Waals surface area (Å²) in [6.07, 6.45) is 0.844. The van der Waals surface area contributed by atoms with Gasteiger partial charge in [0, 0.05) is 15.9 Å². The van der Waals surface area contributed by atoms with E-state index < -0.39 is 17.1 Å². The van der Waals surface area contributed by atoms with Gasteiger partial charge in [-0.15, -0.1) is 0 Å². The minimum Gasteiger partial charge on any atom is -0.457 e. The van der Waals surface area contributed by atoms with E-state index >= 15 is 0 Å². The van der Waals surface area contributed by atoms with Crippen LogP contribution < -0.4 is 0 Å². The Morgan fingerprint density at radius 1 is 1.09 bits per heavy atom. The first-order chi connectivity index (χ1) is 10.7. The molecule has 0 saturated carbocycles. The van der Waals surface area contributed by atoms with Gasteiger partial charge in [0.15, 0.2) is 0 Å². The summed E-state index contributed by atoms with van der Waals surface area (Å²) < 4.78 is 11.2. The number of benzene rings is 2. The SMILES string of the molecule is C=CC(=O)OC(C)CO[SH](c1ccccc1)c1ccccc1. The van der Waals surface area contributed by atoms with E-state index in [4.69, 9.17) is 8.92 Å². The molecule has 0 aromatic heterocycles. The van der Waals surface area contributed by atoms with Crippen LogP contribution >= 0.6 is 11.2 Å². The molecule has 0 aliphatic heterocycles. The van der Waals surface area contributed by atoms with Gasteiger partial charge < -0.3 is 8.92 Å². The van der Waals surface area contributed by atoms with Crippen molar-refractivity contribution in [1.29, 1.82) is 0 Å². The van der Waals surface area contributed by atoms with Gasteiger partial charge in [0.1, 0.15) is 6.10 Å². The molecule has 2 rings (SSSR count). The van der Waals surface area contributed by atoms with Crippen LogP contribution in [0, 0.1) is 0 Å². The van der Waals surface area contributed by atoms with Gasteiger partial charge in [-0.3, -0.25) is 0 Å². The summed E-state index contributed by atoms with van der Waals surface area (Å²) in [5, 5.41) is 0. The maximum atomic E-state index is 11.2. The number of carbonyl (C=O) groups excluding carboxylic acids is 1. The van der Waals surface area contributed by atoms with Crippen molar-refractivity contribution in [2.75, 3.05) is 6.61 Å². The van der Waals surface area contributed by atoms with Crippen LogP contribution in [-0.2, 0) is 13.7 Å². The third-order valence-corrected chi connectivity index (χ3v) is 4.85. The Kier molecular flexibility index (Phi) is 6.25. The smallest absolute Gasteiger partial charge is 0.330 e. The van der Waals surface area contributed by atoms with Crippen LogP contribution in [0.4, 0.5) is 0 Å². The van der Waals surface area contributed by atoms with E-state index in [0.29, 0.717) is 6.61 Å². The zero-order chi connectivity index (χ0) is 15.8. The van der Waals surface area contributed by atoms with E-state index in [1.54, 1.807) is 0 Å². The molecule has 0 N–H and O–H groups in total. The minimum atomic E-state index is -0.930. The topological polar surface area (TPSA) is 35.5 Å². The van der Waals surface area contributed by atoms with Gasteiger partial charge in [-0.05, 0) is 31.2 Å². The van der Waals surface area contributed by atoms with Crippen LogP contribution in [0.25, 0.3) is 0 Å². The summed E-state index contributed by atoms with van der Waals surface area (Å²) in [6.45, 7) is 5.55. The summed E-state index contributed by atoms with van der Waals surface area (Å²) >= 11 is -0.930. The highest BCUT2D eigenvalue weighted by Crippen LogP contribution is 2.45. The number of esters is 1. The van der Waals surface area contributed by atoms with Crippen molar-refractivity contribution in [2.45, 2.75) is 22.8 Å². The summed E-state index contributed by atoms with van der Waals surface area (Å²) in [5.41, 5.74) is 0. The lowest BCUT2D eigenvalue weighted by Gasteiger charge is -2.24. The summed E-state index contributed by atoms with van der Waals surface area (Å²) in [5.74, 6) is -0.431. The second-order valence-electron chi connectivity index (χ2n) is 4.71. The lowest BCUT2D eigenvalue weighted by Crippen LogP contribution is -2.18. The van der Waals surface area contributed by atoms with Crippen molar-refractivity contribution in [1.82, 2.24) is 0 Å². The second kappa shape index (κ2) is 8.41. The molecule has 0 aliphatic carbocycles. The predicted octanol–water partition coefficient (Wildman–Crippen LogP) is 4.16. The Balaban J connectivity index is 2.09. The van der Waals surface area contributed by atoms with Crippen LogP contribution in [-0.4, -0.2) is 18.7 Å². The van der Waals surface area contributed by atoms with E-state index in [2.05, 4.69) is 30.8 Å². The molecule has 0 saturated heterocycles. The van der Waals surface area contributed by atoms with Crippen molar-refractivity contribution in [3.05, 3.63) is 73.3 Å². The Bertz CT molecular complexity index is 559. The zero-order valence-corrected chi connectivity index (χ0v) is 13.4. The molecule has 0 amide bonds. The molecule has 2 aromatic carbocycles. The Morgan fingerprint density at radius 3 is 2.05 bits per heavy atom. The van der Waals surface area contributed by atoms with Crippen molar-refractivity contribution in [2.24, 2.45) is 0 Å². The van der Waals surface area contributed by atoms with Crippen LogP contribution in [0.3, 0.4) is 0 Å². The van der Waals surface area contributed by atoms with E-state index in [9.17, 15) is 4.79 Å². The monoisotopic (exact) mass is 316 g/mol. The molecular weight excluding hydrogens is 296 g/mol. The Labute approximate surface area is 134 Å². The van der Waals surface area contributed by atoms with Crippen LogP contribution in [0.5, 0.6) is 0 Å². The Morgan fingerprint density at radius 2 is 1.59 bits per heavy atom. The maximum Gasteiger partial charge on any atom is 0.330 e. The molecule has 1 unspecified atom stereocenters. The average Bonchev–Trinajstić information content (AvgIpc) is 2.57. The molecule has 22 heavy (non-hydrogen) atoms. The summed E-state index contributed by atoms with van der Waals surface area (Å²) in [6, 6.07) is 20.2. The lowest BCUT2D eigenvalue weighted by atomic mass is 10.4. The van der Waals surface area contributed by atoms with Crippen molar-refractivity contribution in [3.8, 4) is 0 Å². The average molecular weight is 316 g/mol. The lowest BCUT2D eigenvalue weighted by molar-refractivity contribution is -0.143. The third kappa shape index (κ3) is 4.76. The first-order valence-electron chi connectivity index (χ1n) is 7.07. The number of ether oxygens (including phenoxy) is 1. The molecule has 4 heteroatoms. The normalized spacial score (nSPS) is 12.3. The second-order valence-corrected chi connectivity index (χ2v) is 6.59. The number of hydrogen-bond acceptors (Lipinski definition) is 3. The molecule has 0 aliphatic rings. The number of thiol groups is 1. The predicted molar refractivity (Wildman–Crippen MR) is 90.1 cm³/mol. The van der Waals surface area contributed by atoms with E-state index in [-0.39, 0.29) is 6.10 Å². The van der Waals surface area contributed by atoms with Crippen molar-refractivity contribution in [3.63, 3.8) is 0 Å². The van der Waals surface area contributed by atoms with Gasteiger partial charge in [0.05, 0.1) is 6.61 Å². The van der Waals surface area contributed by atoms with Crippen LogP contribution in [0.1, 0.15) is 6.92 Å². The zero-order valence-electron chi connectivity index (χ0n) is 12.5.